The largest absolute Gasteiger partial charge is 0.494 e. The highest BCUT2D eigenvalue weighted by Crippen LogP contribution is 2.29. The molecule has 0 aliphatic rings. The van der Waals surface area contributed by atoms with Gasteiger partial charge in [-0.25, -0.2) is 4.98 Å². The number of imidazole rings is 1. The topological polar surface area (TPSA) is 98.1 Å². The van der Waals surface area contributed by atoms with E-state index in [1.165, 1.54) is 25.1 Å². The molecule has 4 rings (SSSR count). The van der Waals surface area contributed by atoms with E-state index in [9.17, 15) is 9.59 Å². The number of benzene rings is 2. The van der Waals surface area contributed by atoms with E-state index in [1.54, 1.807) is 42.7 Å². The van der Waals surface area contributed by atoms with Crippen LogP contribution in [0.25, 0.3) is 5.69 Å². The number of aryl methyl sites for hydroxylation is 2. The number of carbonyl (C=O) groups excluding carboxylic acids is 2. The van der Waals surface area contributed by atoms with Crippen LogP contribution in [0.15, 0.2) is 78.5 Å². The molecule has 2 N–H and O–H groups in total. The molecule has 2 heterocycles. The van der Waals surface area contributed by atoms with E-state index in [0.717, 1.165) is 22.0 Å². The molecule has 0 aliphatic carbocycles. The minimum atomic E-state index is -0.302. The van der Waals surface area contributed by atoms with Crippen LogP contribution in [-0.2, 0) is 4.79 Å². The molecular formula is C26H25N5O3S. The maximum Gasteiger partial charge on any atom is 0.257 e. The lowest BCUT2D eigenvalue weighted by atomic mass is 10.1. The number of anilines is 2. The third kappa shape index (κ3) is 5.88. The fourth-order valence-corrected chi connectivity index (χ4v) is 4.22. The van der Waals surface area contributed by atoms with Crippen molar-refractivity contribution in [1.29, 1.82) is 0 Å². The van der Waals surface area contributed by atoms with Crippen LogP contribution in [0.5, 0.6) is 5.75 Å². The van der Waals surface area contributed by atoms with Gasteiger partial charge in [-0.2, -0.15) is 0 Å². The first-order valence-electron chi connectivity index (χ1n) is 10.9. The van der Waals surface area contributed by atoms with Crippen molar-refractivity contribution in [3.05, 3.63) is 90.0 Å². The predicted octanol–water partition coefficient (Wildman–Crippen LogP) is 4.88. The van der Waals surface area contributed by atoms with Crippen molar-refractivity contribution in [1.82, 2.24) is 14.5 Å². The lowest BCUT2D eigenvalue weighted by Crippen LogP contribution is -2.15. The molecule has 0 spiro atoms. The highest BCUT2D eigenvalue weighted by Gasteiger charge is 2.14. The summed E-state index contributed by atoms with van der Waals surface area (Å²) < 4.78 is 7.40. The number of methoxy groups -OCH3 is 1. The zero-order valence-electron chi connectivity index (χ0n) is 19.6. The molecule has 0 radical (unpaired) electrons. The number of hydrogen-bond acceptors (Lipinski definition) is 6. The van der Waals surface area contributed by atoms with Gasteiger partial charge in [-0.1, -0.05) is 23.9 Å². The summed E-state index contributed by atoms with van der Waals surface area (Å²) in [6.07, 6.45) is 6.71. The number of rotatable bonds is 8. The summed E-state index contributed by atoms with van der Waals surface area (Å²) in [5.41, 5.74) is 4.81. The van der Waals surface area contributed by atoms with Crippen molar-refractivity contribution in [3.8, 4) is 11.4 Å². The van der Waals surface area contributed by atoms with Gasteiger partial charge in [0.1, 0.15) is 5.75 Å². The number of hydrogen-bond donors (Lipinski definition) is 2. The highest BCUT2D eigenvalue weighted by atomic mass is 32.2. The quantitative estimate of drug-likeness (QED) is 0.344. The van der Waals surface area contributed by atoms with Crippen molar-refractivity contribution < 1.29 is 14.3 Å². The number of thioether (sulfide) groups is 1. The molecule has 0 aliphatic heterocycles. The second-order valence-electron chi connectivity index (χ2n) is 7.82. The second-order valence-corrected chi connectivity index (χ2v) is 8.76. The summed E-state index contributed by atoms with van der Waals surface area (Å²) in [4.78, 5) is 33.4. The molecule has 9 heteroatoms. The minimum Gasteiger partial charge on any atom is -0.494 e. The van der Waals surface area contributed by atoms with E-state index in [0.29, 0.717) is 22.7 Å². The molecule has 178 valence electrons. The number of carbonyl (C=O) groups is 2. The van der Waals surface area contributed by atoms with Gasteiger partial charge in [0.15, 0.2) is 5.16 Å². The molecule has 35 heavy (non-hydrogen) atoms. The molecule has 0 fully saturated rings. The average Bonchev–Trinajstić information content (AvgIpc) is 3.34. The first kappa shape index (κ1) is 24.0. The fourth-order valence-electron chi connectivity index (χ4n) is 3.45. The molecule has 0 saturated carbocycles. The first-order chi connectivity index (χ1) is 16.9. The monoisotopic (exact) mass is 487 g/mol. The van der Waals surface area contributed by atoms with E-state index < -0.39 is 0 Å². The molecule has 0 saturated heterocycles. The number of nitrogens with one attached hydrogen (secondary N) is 2. The van der Waals surface area contributed by atoms with Crippen LogP contribution >= 0.6 is 11.8 Å². The first-order valence-corrected chi connectivity index (χ1v) is 11.9. The Morgan fingerprint density at radius 2 is 1.91 bits per heavy atom. The normalized spacial score (nSPS) is 10.6. The van der Waals surface area contributed by atoms with Crippen LogP contribution < -0.4 is 15.4 Å². The summed E-state index contributed by atoms with van der Waals surface area (Å²) in [5.74, 6) is 0.130. The summed E-state index contributed by atoms with van der Waals surface area (Å²) >= 11 is 1.36. The minimum absolute atomic E-state index is 0.181. The molecular weight excluding hydrogens is 462 g/mol. The molecule has 0 atom stereocenters. The molecule has 4 aromatic rings. The smallest absolute Gasteiger partial charge is 0.257 e. The van der Waals surface area contributed by atoms with Crippen LogP contribution in [0.3, 0.4) is 0 Å². The second kappa shape index (κ2) is 10.9. The van der Waals surface area contributed by atoms with Crippen molar-refractivity contribution in [2.24, 2.45) is 0 Å². The van der Waals surface area contributed by atoms with E-state index >= 15 is 0 Å². The van der Waals surface area contributed by atoms with Crippen LogP contribution in [0, 0.1) is 13.8 Å². The highest BCUT2D eigenvalue weighted by molar-refractivity contribution is 7.99. The van der Waals surface area contributed by atoms with E-state index in [1.807, 2.05) is 24.6 Å². The van der Waals surface area contributed by atoms with E-state index in [-0.39, 0.29) is 17.6 Å². The van der Waals surface area contributed by atoms with Crippen LogP contribution in [0.2, 0.25) is 0 Å². The van der Waals surface area contributed by atoms with Gasteiger partial charge in [0.2, 0.25) is 5.91 Å². The summed E-state index contributed by atoms with van der Waals surface area (Å²) in [6.45, 7) is 4.09. The Balaban J connectivity index is 1.40. The zero-order chi connectivity index (χ0) is 24.8. The molecule has 8 nitrogen and oxygen atoms in total. The third-order valence-electron chi connectivity index (χ3n) is 5.22. The zero-order valence-corrected chi connectivity index (χ0v) is 20.4. The molecule has 0 unspecified atom stereocenters. The van der Waals surface area contributed by atoms with E-state index in [4.69, 9.17) is 4.74 Å². The summed E-state index contributed by atoms with van der Waals surface area (Å²) in [7, 11) is 1.50. The Labute approximate surface area is 207 Å². The molecule has 2 aromatic carbocycles. The summed E-state index contributed by atoms with van der Waals surface area (Å²) in [6, 6.07) is 14.7. The van der Waals surface area contributed by atoms with Gasteiger partial charge in [-0.15, -0.1) is 0 Å². The Morgan fingerprint density at radius 3 is 2.69 bits per heavy atom. The standard InChI is InChI=1S/C26H25N5O3S/c1-17-6-7-18(2)22(13-17)31-12-11-28-26(31)35-16-24(32)29-20-8-9-21(23(14-20)34-3)30-25(33)19-5-4-10-27-15-19/h4-15H,16H2,1-3H3,(H,29,32)(H,30,33). The number of nitrogens with zero attached hydrogens (tertiary/aromatic N) is 3. The number of pyridine rings is 1. The third-order valence-corrected chi connectivity index (χ3v) is 6.19. The Morgan fingerprint density at radius 1 is 1.06 bits per heavy atom. The number of aromatic nitrogens is 3. The van der Waals surface area contributed by atoms with Gasteiger partial charge in [0, 0.05) is 36.5 Å². The lowest BCUT2D eigenvalue weighted by Gasteiger charge is -2.13. The lowest BCUT2D eigenvalue weighted by molar-refractivity contribution is -0.113. The van der Waals surface area contributed by atoms with Crippen LogP contribution in [-0.4, -0.2) is 39.2 Å². The van der Waals surface area contributed by atoms with Crippen molar-refractivity contribution in [3.63, 3.8) is 0 Å². The van der Waals surface area contributed by atoms with Gasteiger partial charge in [-0.05, 0) is 55.3 Å². The van der Waals surface area contributed by atoms with Gasteiger partial charge in [0.05, 0.1) is 29.8 Å². The maximum absolute atomic E-state index is 12.6. The fraction of sp³-hybridized carbons (Fsp3) is 0.154. The van der Waals surface area contributed by atoms with Gasteiger partial charge in [0.25, 0.3) is 5.91 Å². The van der Waals surface area contributed by atoms with Gasteiger partial charge in [-0.3, -0.25) is 19.1 Å². The van der Waals surface area contributed by atoms with Crippen molar-refractivity contribution in [2.75, 3.05) is 23.5 Å². The van der Waals surface area contributed by atoms with Gasteiger partial charge < -0.3 is 15.4 Å². The maximum atomic E-state index is 12.6. The molecule has 2 aromatic heterocycles. The Bertz CT molecular complexity index is 1350. The van der Waals surface area contributed by atoms with Crippen LogP contribution in [0.4, 0.5) is 11.4 Å². The van der Waals surface area contributed by atoms with Crippen molar-refractivity contribution >= 4 is 35.0 Å². The van der Waals surface area contributed by atoms with Crippen molar-refractivity contribution in [2.45, 2.75) is 19.0 Å². The van der Waals surface area contributed by atoms with Gasteiger partial charge >= 0.3 is 0 Å². The SMILES string of the molecule is COc1cc(NC(=O)CSc2nccn2-c2cc(C)ccc2C)ccc1NC(=O)c1cccnc1. The number of ether oxygens (including phenoxy) is 1. The average molecular weight is 488 g/mol. The predicted molar refractivity (Wildman–Crippen MR) is 138 cm³/mol. The summed E-state index contributed by atoms with van der Waals surface area (Å²) in [5, 5.41) is 6.41. The number of amides is 2. The Kier molecular flexibility index (Phi) is 7.47. The molecule has 2 amide bonds. The molecule has 0 bridgehead atoms. The Hall–Kier alpha value is -4.11. The van der Waals surface area contributed by atoms with E-state index in [2.05, 4.69) is 38.8 Å². The van der Waals surface area contributed by atoms with Crippen LogP contribution in [0.1, 0.15) is 21.5 Å².